The highest BCUT2D eigenvalue weighted by atomic mass is 16.2. The standard InChI is InChI=1S/C17H20N2O.C3H8/c1-4-13-5-6-15-14(11-13)17(16(20)18-15)7-9-19(10-8-17)12(2)3;1-3-2/h1,5-6,11-12H,7-10H2,2-3H3,(H,18,20);3H2,1-2H3. The first kappa shape index (κ1) is 17.6. The number of rotatable bonds is 1. The summed E-state index contributed by atoms with van der Waals surface area (Å²) in [5, 5.41) is 3.03. The van der Waals surface area contributed by atoms with Crippen LogP contribution in [-0.2, 0) is 10.2 Å². The molecule has 3 heteroatoms. The highest BCUT2D eigenvalue weighted by Crippen LogP contribution is 2.45. The van der Waals surface area contributed by atoms with E-state index in [1.165, 1.54) is 6.42 Å². The highest BCUT2D eigenvalue weighted by molar-refractivity contribution is 6.06. The third-order valence-corrected chi connectivity index (χ3v) is 4.77. The molecular formula is C20H28N2O. The minimum Gasteiger partial charge on any atom is -0.325 e. The Morgan fingerprint density at radius 3 is 2.43 bits per heavy atom. The lowest BCUT2D eigenvalue weighted by atomic mass is 9.73. The largest absolute Gasteiger partial charge is 0.325 e. The molecule has 23 heavy (non-hydrogen) atoms. The van der Waals surface area contributed by atoms with Gasteiger partial charge in [0.05, 0.1) is 5.41 Å². The van der Waals surface area contributed by atoms with Crippen LogP contribution in [0.15, 0.2) is 18.2 Å². The van der Waals surface area contributed by atoms with Crippen molar-refractivity contribution in [2.24, 2.45) is 0 Å². The van der Waals surface area contributed by atoms with Crippen molar-refractivity contribution >= 4 is 11.6 Å². The monoisotopic (exact) mass is 312 g/mol. The average molecular weight is 312 g/mol. The second kappa shape index (κ2) is 7.19. The minimum absolute atomic E-state index is 0.144. The number of fused-ring (bicyclic) bond motifs is 2. The molecule has 0 bridgehead atoms. The SMILES string of the molecule is C#Cc1ccc2c(c1)C1(CCN(C(C)C)CC1)C(=O)N2.CCC. The number of benzene rings is 1. The van der Waals surface area contributed by atoms with Gasteiger partial charge in [0, 0.05) is 17.3 Å². The lowest BCUT2D eigenvalue weighted by Gasteiger charge is -2.39. The molecule has 2 heterocycles. The van der Waals surface area contributed by atoms with Gasteiger partial charge in [0.15, 0.2) is 0 Å². The molecule has 0 saturated carbocycles. The van der Waals surface area contributed by atoms with Crippen molar-refractivity contribution in [2.75, 3.05) is 18.4 Å². The summed E-state index contributed by atoms with van der Waals surface area (Å²) in [5.74, 6) is 2.81. The fourth-order valence-corrected chi connectivity index (χ4v) is 3.42. The number of nitrogens with one attached hydrogen (secondary N) is 1. The molecule has 3 rings (SSSR count). The molecule has 1 N–H and O–H groups in total. The molecule has 1 amide bonds. The Morgan fingerprint density at radius 2 is 1.91 bits per heavy atom. The number of anilines is 1. The molecule has 0 aliphatic carbocycles. The van der Waals surface area contributed by atoms with Gasteiger partial charge in [-0.15, -0.1) is 6.42 Å². The van der Waals surface area contributed by atoms with Gasteiger partial charge in [-0.2, -0.15) is 0 Å². The molecule has 1 spiro atoms. The minimum atomic E-state index is -0.367. The molecule has 0 radical (unpaired) electrons. The highest BCUT2D eigenvalue weighted by Gasteiger charge is 2.48. The van der Waals surface area contributed by atoms with E-state index < -0.39 is 0 Å². The molecule has 2 aliphatic heterocycles. The van der Waals surface area contributed by atoms with Crippen LogP contribution in [0.4, 0.5) is 5.69 Å². The van der Waals surface area contributed by atoms with Crippen LogP contribution in [0.1, 0.15) is 58.1 Å². The van der Waals surface area contributed by atoms with Crippen LogP contribution >= 0.6 is 0 Å². The normalized spacial score (nSPS) is 18.9. The Balaban J connectivity index is 0.000000595. The van der Waals surface area contributed by atoms with Crippen molar-refractivity contribution in [3.8, 4) is 12.3 Å². The molecule has 1 aromatic rings. The van der Waals surface area contributed by atoms with Crippen molar-refractivity contribution < 1.29 is 4.79 Å². The smallest absolute Gasteiger partial charge is 0.235 e. The summed E-state index contributed by atoms with van der Waals surface area (Å²) in [6.45, 7) is 10.6. The molecule has 1 fully saturated rings. The Bertz CT molecular complexity index is 605. The number of carbonyl (C=O) groups excluding carboxylic acids is 1. The topological polar surface area (TPSA) is 32.3 Å². The van der Waals surface area contributed by atoms with Gasteiger partial charge in [0.1, 0.15) is 0 Å². The van der Waals surface area contributed by atoms with Crippen molar-refractivity contribution in [3.63, 3.8) is 0 Å². The summed E-state index contributed by atoms with van der Waals surface area (Å²) in [6.07, 6.45) is 8.49. The fourth-order valence-electron chi connectivity index (χ4n) is 3.42. The summed E-state index contributed by atoms with van der Waals surface area (Å²) < 4.78 is 0. The number of amides is 1. The van der Waals surface area contributed by atoms with Crippen LogP contribution in [0, 0.1) is 12.3 Å². The van der Waals surface area contributed by atoms with Crippen LogP contribution < -0.4 is 5.32 Å². The maximum absolute atomic E-state index is 12.5. The quantitative estimate of drug-likeness (QED) is 0.800. The van der Waals surface area contributed by atoms with Gasteiger partial charge in [0.2, 0.25) is 5.91 Å². The Kier molecular flexibility index (Phi) is 5.49. The maximum Gasteiger partial charge on any atom is 0.235 e. The van der Waals surface area contributed by atoms with Gasteiger partial charge < -0.3 is 10.2 Å². The van der Waals surface area contributed by atoms with Crippen molar-refractivity contribution in [1.82, 2.24) is 4.90 Å². The van der Waals surface area contributed by atoms with Gasteiger partial charge in [-0.3, -0.25) is 4.79 Å². The Hall–Kier alpha value is -1.79. The van der Waals surface area contributed by atoms with E-state index in [-0.39, 0.29) is 11.3 Å². The van der Waals surface area contributed by atoms with E-state index in [0.29, 0.717) is 6.04 Å². The average Bonchev–Trinajstić information content (AvgIpc) is 2.80. The second-order valence-corrected chi connectivity index (χ2v) is 6.78. The molecule has 2 aliphatic rings. The number of nitrogens with zero attached hydrogens (tertiary/aromatic N) is 1. The Labute approximate surface area is 140 Å². The predicted molar refractivity (Wildman–Crippen MR) is 96.6 cm³/mol. The zero-order valence-electron chi connectivity index (χ0n) is 14.8. The number of piperidine rings is 1. The number of hydrogen-bond donors (Lipinski definition) is 1. The van der Waals surface area contributed by atoms with Crippen molar-refractivity contribution in [3.05, 3.63) is 29.3 Å². The van der Waals surface area contributed by atoms with Gasteiger partial charge in [-0.1, -0.05) is 26.2 Å². The van der Waals surface area contributed by atoms with E-state index in [1.54, 1.807) is 0 Å². The third-order valence-electron chi connectivity index (χ3n) is 4.77. The Morgan fingerprint density at radius 1 is 1.30 bits per heavy atom. The summed E-state index contributed by atoms with van der Waals surface area (Å²) in [7, 11) is 0. The van der Waals surface area contributed by atoms with E-state index in [2.05, 4.69) is 43.8 Å². The second-order valence-electron chi connectivity index (χ2n) is 6.78. The van der Waals surface area contributed by atoms with Crippen LogP contribution in [0.5, 0.6) is 0 Å². The van der Waals surface area contributed by atoms with E-state index in [4.69, 9.17) is 6.42 Å². The van der Waals surface area contributed by atoms with Crippen molar-refractivity contribution in [2.45, 2.75) is 58.4 Å². The number of terminal acetylenes is 1. The van der Waals surface area contributed by atoms with E-state index >= 15 is 0 Å². The molecule has 1 saturated heterocycles. The van der Waals surface area contributed by atoms with E-state index in [1.807, 2.05) is 18.2 Å². The molecule has 124 valence electrons. The van der Waals surface area contributed by atoms with Gasteiger partial charge >= 0.3 is 0 Å². The predicted octanol–water partition coefficient (Wildman–Crippen LogP) is 3.78. The molecule has 1 aromatic carbocycles. The fraction of sp³-hybridized carbons (Fsp3) is 0.550. The lowest BCUT2D eigenvalue weighted by Crippen LogP contribution is -2.48. The molecule has 0 aromatic heterocycles. The third kappa shape index (κ3) is 3.28. The molecule has 0 unspecified atom stereocenters. The first-order chi connectivity index (χ1) is 11.0. The number of likely N-dealkylation sites (tertiary alicyclic amines) is 1. The summed E-state index contributed by atoms with van der Waals surface area (Å²) >= 11 is 0. The first-order valence-corrected chi connectivity index (χ1v) is 8.65. The number of carbonyl (C=O) groups is 1. The maximum atomic E-state index is 12.5. The van der Waals surface area contributed by atoms with Gasteiger partial charge in [-0.05, 0) is 63.5 Å². The zero-order valence-corrected chi connectivity index (χ0v) is 14.8. The number of hydrogen-bond acceptors (Lipinski definition) is 2. The summed E-state index contributed by atoms with van der Waals surface area (Å²) in [6, 6.07) is 6.37. The van der Waals surface area contributed by atoms with Crippen LogP contribution in [0.3, 0.4) is 0 Å². The summed E-state index contributed by atoms with van der Waals surface area (Å²) in [4.78, 5) is 14.9. The van der Waals surface area contributed by atoms with E-state index in [0.717, 1.165) is 42.7 Å². The zero-order chi connectivity index (χ0) is 17.0. The first-order valence-electron chi connectivity index (χ1n) is 8.65. The van der Waals surface area contributed by atoms with Gasteiger partial charge in [-0.25, -0.2) is 0 Å². The van der Waals surface area contributed by atoms with Gasteiger partial charge in [0.25, 0.3) is 0 Å². The van der Waals surface area contributed by atoms with Crippen LogP contribution in [0.25, 0.3) is 0 Å². The van der Waals surface area contributed by atoms with Crippen molar-refractivity contribution in [1.29, 1.82) is 0 Å². The van der Waals surface area contributed by atoms with E-state index in [9.17, 15) is 4.79 Å². The van der Waals surface area contributed by atoms with Crippen LogP contribution in [-0.4, -0.2) is 29.9 Å². The molecule has 0 atom stereocenters. The molecular weight excluding hydrogens is 284 g/mol. The van der Waals surface area contributed by atoms with Crippen LogP contribution in [0.2, 0.25) is 0 Å². The summed E-state index contributed by atoms with van der Waals surface area (Å²) in [5.41, 5.74) is 2.52. The lowest BCUT2D eigenvalue weighted by molar-refractivity contribution is -0.122. The molecule has 3 nitrogen and oxygen atoms in total.